The van der Waals surface area contributed by atoms with E-state index in [4.69, 9.17) is 0 Å². The Morgan fingerprint density at radius 3 is 1.50 bits per heavy atom. The SMILES string of the molecule is C1=CC[C]([Zr][C]2=CC=CC2)=C1.C[Si](C)(C)C(=O)[NH][GaH][NH]C(=O)[Si](C)(C)C. The Morgan fingerprint density at radius 1 is 0.846 bits per heavy atom. The fourth-order valence-corrected chi connectivity index (χ4v) is 14.5. The van der Waals surface area contributed by atoms with Gasteiger partial charge in [-0.2, -0.15) is 0 Å². The monoisotopic (exact) mass is 522 g/mol. The van der Waals surface area contributed by atoms with Crippen LogP contribution >= 0.6 is 0 Å². The molecular weight excluding hydrogens is 493 g/mol. The van der Waals surface area contributed by atoms with E-state index in [0.29, 0.717) is 0 Å². The van der Waals surface area contributed by atoms with Crippen molar-refractivity contribution in [2.75, 3.05) is 0 Å². The summed E-state index contributed by atoms with van der Waals surface area (Å²) >= 11 is -1.71. The molecule has 2 aliphatic rings. The zero-order valence-corrected chi connectivity index (χ0v) is 24.3. The van der Waals surface area contributed by atoms with Crippen LogP contribution in [-0.4, -0.2) is 45.1 Å². The number of nitrogens with one attached hydrogen (secondary N) is 2. The third-order valence-corrected chi connectivity index (χ3v) is 13.8. The van der Waals surface area contributed by atoms with Crippen molar-refractivity contribution in [3.63, 3.8) is 0 Å². The number of hydrogen-bond acceptors (Lipinski definition) is 2. The molecule has 0 aliphatic heterocycles. The van der Waals surface area contributed by atoms with E-state index in [1.807, 2.05) is 39.3 Å². The fourth-order valence-electron chi connectivity index (χ4n) is 2.02. The van der Waals surface area contributed by atoms with Crippen LogP contribution in [0.2, 0.25) is 39.3 Å². The molecule has 140 valence electrons. The first-order chi connectivity index (χ1) is 12.0. The third-order valence-electron chi connectivity index (χ3n) is 3.72. The van der Waals surface area contributed by atoms with Gasteiger partial charge in [-0.3, -0.25) is 0 Å². The minimum atomic E-state index is -1.72. The molecule has 26 heavy (non-hydrogen) atoms. The number of carbonyl (C=O) groups is 2. The molecule has 0 aromatic carbocycles. The minimum absolute atomic E-state index is 0.165. The zero-order chi connectivity index (χ0) is 19.8. The predicted octanol–water partition coefficient (Wildman–Crippen LogP) is 4.27. The normalized spacial score (nSPS) is 15.5. The second kappa shape index (κ2) is 11.0. The molecule has 2 amide bonds. The van der Waals surface area contributed by atoms with Crippen LogP contribution in [0.25, 0.3) is 0 Å². The summed E-state index contributed by atoms with van der Waals surface area (Å²) in [6, 6.07) is 0. The summed E-state index contributed by atoms with van der Waals surface area (Å²) in [6.45, 7) is 12.0. The van der Waals surface area contributed by atoms with Crippen LogP contribution in [0.1, 0.15) is 12.8 Å². The molecule has 0 bridgehead atoms. The molecule has 2 aliphatic carbocycles. The number of carbonyl (C=O) groups excluding carboxylic acids is 2. The van der Waals surface area contributed by atoms with Gasteiger partial charge in [-0.15, -0.1) is 0 Å². The molecule has 0 aromatic heterocycles. The van der Waals surface area contributed by atoms with E-state index in [0.717, 1.165) is 0 Å². The Hall–Kier alpha value is -0.147. The molecule has 0 unspecified atom stereocenters. The predicted molar refractivity (Wildman–Crippen MR) is 115 cm³/mol. The molecule has 0 radical (unpaired) electrons. The Kier molecular flexibility index (Phi) is 10.1. The average Bonchev–Trinajstić information content (AvgIpc) is 3.20. The maximum absolute atomic E-state index is 11.6. The summed E-state index contributed by atoms with van der Waals surface area (Å²) in [4.78, 5) is 23.1. The molecule has 0 fully saturated rings. The second-order valence-electron chi connectivity index (χ2n) is 8.46. The van der Waals surface area contributed by atoms with E-state index < -0.39 is 34.0 Å². The van der Waals surface area contributed by atoms with E-state index in [1.165, 1.54) is 12.8 Å². The maximum atomic E-state index is 11.6. The van der Waals surface area contributed by atoms with E-state index in [-0.39, 0.29) is 34.3 Å². The molecule has 0 saturated heterocycles. The van der Waals surface area contributed by atoms with Crippen molar-refractivity contribution in [3.8, 4) is 0 Å². The molecule has 8 heteroatoms. The van der Waals surface area contributed by atoms with Gasteiger partial charge >= 0.3 is 181 Å². The molecular formula is C18H31GaN2O2Si2Zr. The third kappa shape index (κ3) is 9.69. The van der Waals surface area contributed by atoms with Crippen LogP contribution in [0.15, 0.2) is 43.0 Å². The van der Waals surface area contributed by atoms with Gasteiger partial charge in [-0.1, -0.05) is 0 Å². The van der Waals surface area contributed by atoms with Gasteiger partial charge in [0.05, 0.1) is 0 Å². The Labute approximate surface area is 180 Å². The summed E-state index contributed by atoms with van der Waals surface area (Å²) in [5.74, 6) is 0. The van der Waals surface area contributed by atoms with Crippen molar-refractivity contribution in [2.24, 2.45) is 0 Å². The van der Waals surface area contributed by atoms with Crippen LogP contribution in [0.4, 0.5) is 9.59 Å². The zero-order valence-electron chi connectivity index (χ0n) is 16.9. The number of allylic oxidation sites excluding steroid dienone is 8. The molecule has 0 atom stereocenters. The van der Waals surface area contributed by atoms with E-state index in [9.17, 15) is 9.59 Å². The summed E-state index contributed by atoms with van der Waals surface area (Å²) in [5, 5.41) is 0. The van der Waals surface area contributed by atoms with E-state index in [2.05, 4.69) is 44.5 Å². The molecule has 0 saturated carbocycles. The summed E-state index contributed by atoms with van der Waals surface area (Å²) in [6.07, 6.45) is 16.0. The van der Waals surface area contributed by atoms with Crippen molar-refractivity contribution in [1.82, 2.24) is 8.05 Å². The Morgan fingerprint density at radius 2 is 1.23 bits per heavy atom. The van der Waals surface area contributed by atoms with Crippen LogP contribution < -0.4 is 8.05 Å². The van der Waals surface area contributed by atoms with Crippen LogP contribution in [0, 0.1) is 0 Å². The van der Waals surface area contributed by atoms with Gasteiger partial charge in [0, 0.05) is 0 Å². The van der Waals surface area contributed by atoms with Crippen molar-refractivity contribution in [3.05, 3.63) is 43.0 Å². The standard InChI is InChI=1S/2C5H5.2C4H11NOSi.Ga.Zr.H/c2*1-2-4-5-3-1;2*1-7(2,3)4(5)6;;;/h2*1-3H,4H2;2*1-3H3,(H2,5,6);;;/q;;;;+2;;/p-2. The first-order valence-corrected chi connectivity index (χ1v) is 21.5. The number of amides is 2. The first-order valence-electron chi connectivity index (χ1n) is 9.05. The second-order valence-corrected chi connectivity index (χ2v) is 24.4. The number of rotatable bonds is 6. The summed E-state index contributed by atoms with van der Waals surface area (Å²) in [5.41, 5.74) is 0.330. The topological polar surface area (TPSA) is 58.2 Å². The summed E-state index contributed by atoms with van der Waals surface area (Å²) < 4.78 is 9.30. The van der Waals surface area contributed by atoms with Gasteiger partial charge in [-0.05, 0) is 0 Å². The van der Waals surface area contributed by atoms with Crippen LogP contribution in [-0.2, 0) is 23.2 Å². The Bertz CT molecular complexity index is 591. The van der Waals surface area contributed by atoms with Gasteiger partial charge in [0.2, 0.25) is 0 Å². The van der Waals surface area contributed by atoms with E-state index >= 15 is 0 Å². The molecule has 0 heterocycles. The van der Waals surface area contributed by atoms with Crippen molar-refractivity contribution in [1.29, 1.82) is 0 Å². The molecule has 4 nitrogen and oxygen atoms in total. The Balaban J connectivity index is 0.000000269. The van der Waals surface area contributed by atoms with Gasteiger partial charge in [-0.25, -0.2) is 0 Å². The van der Waals surface area contributed by atoms with Crippen molar-refractivity contribution >= 4 is 45.1 Å². The number of hydrogen-bond donors (Lipinski definition) is 2. The van der Waals surface area contributed by atoms with E-state index in [1.54, 1.807) is 6.56 Å². The van der Waals surface area contributed by atoms with Gasteiger partial charge in [0.25, 0.3) is 0 Å². The van der Waals surface area contributed by atoms with Crippen LogP contribution in [0.3, 0.4) is 0 Å². The van der Waals surface area contributed by atoms with Crippen molar-refractivity contribution in [2.45, 2.75) is 52.1 Å². The molecule has 0 aromatic rings. The molecule has 0 spiro atoms. The fraction of sp³-hybridized carbons (Fsp3) is 0.444. The molecule has 2 N–H and O–H groups in total. The van der Waals surface area contributed by atoms with Gasteiger partial charge < -0.3 is 0 Å². The molecule has 2 rings (SSSR count). The van der Waals surface area contributed by atoms with Crippen LogP contribution in [0.5, 0.6) is 0 Å². The summed E-state index contributed by atoms with van der Waals surface area (Å²) in [7, 11) is -3.44. The van der Waals surface area contributed by atoms with Gasteiger partial charge in [0.1, 0.15) is 0 Å². The van der Waals surface area contributed by atoms with Crippen molar-refractivity contribution < 1.29 is 32.8 Å². The first kappa shape index (κ1) is 23.9. The average molecular weight is 525 g/mol. The quantitative estimate of drug-likeness (QED) is 0.510. The van der Waals surface area contributed by atoms with Gasteiger partial charge in [0.15, 0.2) is 0 Å².